The van der Waals surface area contributed by atoms with Crippen LogP contribution in [-0.2, 0) is 11.2 Å². The number of hydrogen-bond donors (Lipinski definition) is 1. The van der Waals surface area contributed by atoms with Crippen LogP contribution in [0.2, 0.25) is 0 Å². The first-order chi connectivity index (χ1) is 8.68. The van der Waals surface area contributed by atoms with E-state index < -0.39 is 0 Å². The number of rotatable bonds is 8. The summed E-state index contributed by atoms with van der Waals surface area (Å²) in [5.74, 6) is 0. The number of aliphatic hydroxyl groups is 1. The number of ether oxygens (including phenoxy) is 1. The van der Waals surface area contributed by atoms with Crippen molar-refractivity contribution in [2.45, 2.75) is 57.7 Å². The van der Waals surface area contributed by atoms with E-state index in [1.165, 1.54) is 5.56 Å². The lowest BCUT2D eigenvalue weighted by atomic mass is 9.87. The third kappa shape index (κ3) is 3.82. The molecule has 0 amide bonds. The molecule has 1 aromatic carbocycles. The van der Waals surface area contributed by atoms with Gasteiger partial charge in [0.2, 0.25) is 0 Å². The fourth-order valence-corrected chi connectivity index (χ4v) is 2.55. The Morgan fingerprint density at radius 2 is 1.78 bits per heavy atom. The lowest BCUT2D eigenvalue weighted by Crippen LogP contribution is -2.43. The summed E-state index contributed by atoms with van der Waals surface area (Å²) in [5, 5.41) is 10.3. The summed E-state index contributed by atoms with van der Waals surface area (Å²) < 4.78 is 5.55. The Morgan fingerprint density at radius 1 is 1.17 bits per heavy atom. The zero-order chi connectivity index (χ0) is 13.4. The zero-order valence-electron chi connectivity index (χ0n) is 11.9. The molecule has 0 bridgehead atoms. The number of hydrogen-bond acceptors (Lipinski definition) is 2. The molecule has 0 saturated heterocycles. The molecule has 1 N–H and O–H groups in total. The van der Waals surface area contributed by atoms with Gasteiger partial charge in [-0.3, -0.25) is 0 Å². The van der Waals surface area contributed by atoms with Crippen molar-refractivity contribution in [1.82, 2.24) is 0 Å². The molecule has 2 heteroatoms. The van der Waals surface area contributed by atoms with Gasteiger partial charge in [-0.15, -0.1) is 0 Å². The van der Waals surface area contributed by atoms with Crippen molar-refractivity contribution in [3.05, 3.63) is 35.9 Å². The Bertz CT molecular complexity index is 309. The maximum Gasteiger partial charge on any atom is 0.0931 e. The van der Waals surface area contributed by atoms with Gasteiger partial charge >= 0.3 is 0 Å². The maximum absolute atomic E-state index is 10.3. The molecule has 102 valence electrons. The number of benzene rings is 1. The molecule has 0 aliphatic heterocycles. The van der Waals surface area contributed by atoms with E-state index in [1.807, 2.05) is 6.07 Å². The monoisotopic (exact) mass is 250 g/mol. The van der Waals surface area contributed by atoms with E-state index in [1.54, 1.807) is 7.11 Å². The Balaban J connectivity index is 2.43. The van der Waals surface area contributed by atoms with Crippen LogP contribution in [0.25, 0.3) is 0 Å². The molecule has 0 heterocycles. The van der Waals surface area contributed by atoms with Gasteiger partial charge in [-0.2, -0.15) is 0 Å². The molecule has 0 fully saturated rings. The van der Waals surface area contributed by atoms with Crippen LogP contribution in [0.5, 0.6) is 0 Å². The molecule has 0 aliphatic carbocycles. The fraction of sp³-hybridized carbons (Fsp3) is 0.625. The van der Waals surface area contributed by atoms with Gasteiger partial charge in [0.25, 0.3) is 0 Å². The van der Waals surface area contributed by atoms with Crippen LogP contribution in [0.3, 0.4) is 0 Å². The van der Waals surface area contributed by atoms with E-state index in [-0.39, 0.29) is 11.7 Å². The minimum atomic E-state index is -0.374. The van der Waals surface area contributed by atoms with Crippen LogP contribution in [0, 0.1) is 0 Å². The van der Waals surface area contributed by atoms with E-state index >= 15 is 0 Å². The highest BCUT2D eigenvalue weighted by atomic mass is 16.5. The zero-order valence-corrected chi connectivity index (χ0v) is 11.9. The van der Waals surface area contributed by atoms with Crippen LogP contribution in [0.4, 0.5) is 0 Å². The van der Waals surface area contributed by atoms with Gasteiger partial charge in [-0.05, 0) is 37.7 Å². The lowest BCUT2D eigenvalue weighted by molar-refractivity contribution is -0.110. The number of methoxy groups -OCH3 is 1. The molecule has 2 nitrogen and oxygen atoms in total. The van der Waals surface area contributed by atoms with Gasteiger partial charge in [-0.1, -0.05) is 44.2 Å². The summed E-state index contributed by atoms with van der Waals surface area (Å²) in [6.45, 7) is 4.15. The molecule has 1 unspecified atom stereocenters. The van der Waals surface area contributed by atoms with Crippen molar-refractivity contribution in [3.63, 3.8) is 0 Å². The van der Waals surface area contributed by atoms with Gasteiger partial charge in [-0.25, -0.2) is 0 Å². The van der Waals surface area contributed by atoms with Crippen LogP contribution in [0.15, 0.2) is 30.3 Å². The summed E-state index contributed by atoms with van der Waals surface area (Å²) in [6.07, 6.45) is 4.14. The minimum absolute atomic E-state index is 0.364. The van der Waals surface area contributed by atoms with E-state index in [9.17, 15) is 5.11 Å². The van der Waals surface area contributed by atoms with E-state index in [4.69, 9.17) is 4.74 Å². The SMILES string of the molecule is CCC(CC)(OC)C(O)CCCc1ccccc1. The van der Waals surface area contributed by atoms with Crippen molar-refractivity contribution in [3.8, 4) is 0 Å². The third-order valence-corrected chi connectivity index (χ3v) is 4.00. The Kier molecular flexibility index (Phi) is 6.37. The van der Waals surface area contributed by atoms with Gasteiger partial charge in [0.1, 0.15) is 0 Å². The van der Waals surface area contributed by atoms with Crippen molar-refractivity contribution in [2.75, 3.05) is 7.11 Å². The van der Waals surface area contributed by atoms with E-state index in [0.29, 0.717) is 0 Å². The molecule has 0 saturated carbocycles. The van der Waals surface area contributed by atoms with Crippen LogP contribution in [-0.4, -0.2) is 23.9 Å². The average molecular weight is 250 g/mol. The molecule has 0 aromatic heterocycles. The van der Waals surface area contributed by atoms with Crippen LogP contribution < -0.4 is 0 Å². The van der Waals surface area contributed by atoms with Crippen LogP contribution in [0.1, 0.15) is 45.1 Å². The van der Waals surface area contributed by atoms with Crippen molar-refractivity contribution in [1.29, 1.82) is 0 Å². The second kappa shape index (κ2) is 7.55. The second-order valence-corrected chi connectivity index (χ2v) is 4.87. The normalized spacial score (nSPS) is 13.6. The first-order valence-corrected chi connectivity index (χ1v) is 6.95. The van der Waals surface area contributed by atoms with Gasteiger partial charge in [0, 0.05) is 7.11 Å². The Labute approximate surface area is 111 Å². The van der Waals surface area contributed by atoms with Crippen molar-refractivity contribution >= 4 is 0 Å². The largest absolute Gasteiger partial charge is 0.390 e. The molecular weight excluding hydrogens is 224 g/mol. The highest BCUT2D eigenvalue weighted by molar-refractivity contribution is 5.14. The number of aryl methyl sites for hydroxylation is 1. The average Bonchev–Trinajstić information content (AvgIpc) is 2.42. The van der Waals surface area contributed by atoms with Crippen LogP contribution >= 0.6 is 0 Å². The van der Waals surface area contributed by atoms with Gasteiger partial charge < -0.3 is 9.84 Å². The predicted octanol–water partition coefficient (Wildman–Crippen LogP) is 3.58. The maximum atomic E-state index is 10.3. The molecule has 1 atom stereocenters. The first-order valence-electron chi connectivity index (χ1n) is 6.95. The Hall–Kier alpha value is -0.860. The highest BCUT2D eigenvalue weighted by Crippen LogP contribution is 2.27. The van der Waals surface area contributed by atoms with Gasteiger partial charge in [0.05, 0.1) is 11.7 Å². The second-order valence-electron chi connectivity index (χ2n) is 4.87. The minimum Gasteiger partial charge on any atom is -0.390 e. The molecule has 1 rings (SSSR count). The molecule has 0 aliphatic rings. The number of aliphatic hydroxyl groups excluding tert-OH is 1. The summed E-state index contributed by atoms with van der Waals surface area (Å²) in [7, 11) is 1.70. The van der Waals surface area contributed by atoms with Gasteiger partial charge in [0.15, 0.2) is 0 Å². The highest BCUT2D eigenvalue weighted by Gasteiger charge is 2.33. The summed E-state index contributed by atoms with van der Waals surface area (Å²) in [4.78, 5) is 0. The molecule has 1 aromatic rings. The summed E-state index contributed by atoms with van der Waals surface area (Å²) in [6, 6.07) is 10.4. The standard InChI is InChI=1S/C16H26O2/c1-4-16(5-2,18-3)15(17)13-9-12-14-10-7-6-8-11-14/h6-8,10-11,15,17H,4-5,9,12-13H2,1-3H3. The molecular formula is C16H26O2. The smallest absolute Gasteiger partial charge is 0.0931 e. The quantitative estimate of drug-likeness (QED) is 0.764. The Morgan fingerprint density at radius 3 is 2.28 bits per heavy atom. The summed E-state index contributed by atoms with van der Waals surface area (Å²) >= 11 is 0. The lowest BCUT2D eigenvalue weighted by Gasteiger charge is -2.35. The first kappa shape index (κ1) is 15.2. The van der Waals surface area contributed by atoms with E-state index in [2.05, 4.69) is 38.1 Å². The molecule has 0 radical (unpaired) electrons. The van der Waals surface area contributed by atoms with Crippen molar-refractivity contribution < 1.29 is 9.84 Å². The third-order valence-electron chi connectivity index (χ3n) is 4.00. The molecule has 18 heavy (non-hydrogen) atoms. The molecule has 0 spiro atoms. The van der Waals surface area contributed by atoms with Crippen molar-refractivity contribution in [2.24, 2.45) is 0 Å². The van der Waals surface area contributed by atoms with E-state index in [0.717, 1.165) is 32.1 Å². The summed E-state index contributed by atoms with van der Waals surface area (Å²) in [5.41, 5.74) is 0.970. The predicted molar refractivity (Wildman–Crippen MR) is 75.7 cm³/mol. The fourth-order valence-electron chi connectivity index (χ4n) is 2.55. The topological polar surface area (TPSA) is 29.5 Å².